The second kappa shape index (κ2) is 14.0. The molecule has 0 aliphatic carbocycles. The molecule has 0 spiro atoms. The fourth-order valence-electron chi connectivity index (χ4n) is 5.83. The van der Waals surface area contributed by atoms with E-state index in [1.165, 1.54) is 30.1 Å². The number of halogens is 1. The highest BCUT2D eigenvalue weighted by Crippen LogP contribution is 2.36. The van der Waals surface area contributed by atoms with Gasteiger partial charge in [-0.15, -0.1) is 0 Å². The third-order valence-corrected chi connectivity index (χ3v) is 7.97. The molecule has 44 heavy (non-hydrogen) atoms. The minimum atomic E-state index is -0.511. The molecule has 0 N–H and O–H groups in total. The first-order valence-electron chi connectivity index (χ1n) is 15.3. The van der Waals surface area contributed by atoms with E-state index in [1.54, 1.807) is 11.1 Å². The molecule has 0 saturated carbocycles. The van der Waals surface area contributed by atoms with Crippen molar-refractivity contribution in [1.29, 1.82) is 0 Å². The number of aromatic nitrogens is 2. The van der Waals surface area contributed by atoms with Gasteiger partial charge in [-0.3, -0.25) is 14.5 Å². The number of fused-ring (bicyclic) bond motifs is 1. The molecule has 11 heteroatoms. The lowest BCUT2D eigenvalue weighted by Gasteiger charge is -2.34. The summed E-state index contributed by atoms with van der Waals surface area (Å²) in [7, 11) is 0. The number of esters is 1. The van der Waals surface area contributed by atoms with Crippen LogP contribution in [0.25, 0.3) is 0 Å². The predicted molar refractivity (Wildman–Crippen MR) is 163 cm³/mol. The van der Waals surface area contributed by atoms with E-state index in [9.17, 15) is 14.0 Å². The topological polar surface area (TPSA) is 97.3 Å². The molecule has 0 radical (unpaired) electrons. The summed E-state index contributed by atoms with van der Waals surface area (Å²) in [5.74, 6) is 1.07. The summed E-state index contributed by atoms with van der Waals surface area (Å²) in [5.41, 5.74) is 2.44. The van der Waals surface area contributed by atoms with E-state index in [0.29, 0.717) is 50.9 Å². The van der Waals surface area contributed by atoms with Gasteiger partial charge in [0.2, 0.25) is 0 Å². The van der Waals surface area contributed by atoms with Crippen LogP contribution < -0.4 is 14.4 Å². The first kappa shape index (κ1) is 31.2. The Labute approximate surface area is 257 Å². The van der Waals surface area contributed by atoms with Crippen molar-refractivity contribution in [3.8, 4) is 17.2 Å². The van der Waals surface area contributed by atoms with Gasteiger partial charge < -0.3 is 24.0 Å². The maximum Gasteiger partial charge on any atom is 0.320 e. The van der Waals surface area contributed by atoms with Crippen molar-refractivity contribution in [3.63, 3.8) is 0 Å². The van der Waals surface area contributed by atoms with Gasteiger partial charge in [0.25, 0.3) is 5.91 Å². The van der Waals surface area contributed by atoms with Crippen LogP contribution in [0.15, 0.2) is 48.9 Å². The molecule has 1 aromatic heterocycles. The van der Waals surface area contributed by atoms with Gasteiger partial charge in [0.15, 0.2) is 11.6 Å². The number of amides is 1. The molecule has 1 saturated heterocycles. The number of hydrogen-bond donors (Lipinski definition) is 0. The minimum Gasteiger partial charge on any atom is -0.490 e. The lowest BCUT2D eigenvalue weighted by molar-refractivity contribution is -0.144. The van der Waals surface area contributed by atoms with Crippen molar-refractivity contribution >= 4 is 17.7 Å². The number of anilines is 1. The average molecular weight is 606 g/mol. The molecule has 2 aliphatic rings. The fraction of sp³-hybridized carbons (Fsp3) is 0.455. The summed E-state index contributed by atoms with van der Waals surface area (Å²) in [5, 5.41) is 0. The normalized spacial score (nSPS) is 15.3. The first-order chi connectivity index (χ1) is 21.3. The molecule has 1 fully saturated rings. The highest BCUT2D eigenvalue weighted by molar-refractivity contribution is 5.97. The van der Waals surface area contributed by atoms with Crippen molar-refractivity contribution < 1.29 is 28.2 Å². The second-order valence-corrected chi connectivity index (χ2v) is 11.3. The summed E-state index contributed by atoms with van der Waals surface area (Å²) < 4.78 is 32.1. The molecule has 234 valence electrons. The number of carbonyl (C=O) groups excluding carboxylic acids is 2. The van der Waals surface area contributed by atoms with Crippen molar-refractivity contribution in [3.05, 3.63) is 71.4 Å². The molecule has 3 aromatic rings. The molecular weight excluding hydrogens is 565 g/mol. The maximum absolute atomic E-state index is 14.3. The highest BCUT2D eigenvalue weighted by Gasteiger charge is 2.29. The molecule has 5 rings (SSSR count). The van der Waals surface area contributed by atoms with Crippen LogP contribution in [0.5, 0.6) is 17.2 Å². The van der Waals surface area contributed by atoms with E-state index in [-0.39, 0.29) is 41.9 Å². The van der Waals surface area contributed by atoms with Crippen LogP contribution in [0.3, 0.4) is 0 Å². The number of piperidine rings is 1. The Morgan fingerprint density at radius 2 is 1.86 bits per heavy atom. The predicted octanol–water partition coefficient (Wildman–Crippen LogP) is 5.21. The zero-order valence-corrected chi connectivity index (χ0v) is 25.8. The number of ether oxygens (including phenoxy) is 3. The zero-order valence-electron chi connectivity index (χ0n) is 25.8. The van der Waals surface area contributed by atoms with Gasteiger partial charge in [-0.1, -0.05) is 12.1 Å². The largest absolute Gasteiger partial charge is 0.490 e. The van der Waals surface area contributed by atoms with Gasteiger partial charge >= 0.3 is 5.97 Å². The van der Waals surface area contributed by atoms with Crippen LogP contribution in [0.1, 0.15) is 62.0 Å². The third-order valence-electron chi connectivity index (χ3n) is 7.97. The van der Waals surface area contributed by atoms with E-state index in [2.05, 4.69) is 25.8 Å². The van der Waals surface area contributed by atoms with Gasteiger partial charge in [-0.05, 0) is 57.5 Å². The number of rotatable bonds is 11. The Balaban J connectivity index is 1.25. The first-order valence-corrected chi connectivity index (χ1v) is 15.3. The summed E-state index contributed by atoms with van der Waals surface area (Å²) in [6.07, 6.45) is 4.58. The van der Waals surface area contributed by atoms with Crippen LogP contribution in [0, 0.1) is 5.82 Å². The van der Waals surface area contributed by atoms with Crippen molar-refractivity contribution in [2.24, 2.45) is 0 Å². The molecule has 1 amide bonds. The average Bonchev–Trinajstić information content (AvgIpc) is 3.42. The molecule has 2 aromatic carbocycles. The van der Waals surface area contributed by atoms with Crippen molar-refractivity contribution in [2.75, 3.05) is 37.7 Å². The fourth-order valence-corrected chi connectivity index (χ4v) is 5.83. The Morgan fingerprint density at radius 1 is 1.07 bits per heavy atom. The molecule has 10 nitrogen and oxygen atoms in total. The summed E-state index contributed by atoms with van der Waals surface area (Å²) in [6.45, 7) is 11.3. The number of carbonyl (C=O) groups is 2. The molecular formula is C33H40FN5O5. The van der Waals surface area contributed by atoms with Gasteiger partial charge in [0, 0.05) is 57.2 Å². The van der Waals surface area contributed by atoms with Crippen LogP contribution in [0.4, 0.5) is 10.2 Å². The second-order valence-electron chi connectivity index (χ2n) is 11.3. The summed E-state index contributed by atoms with van der Waals surface area (Å²) in [4.78, 5) is 39.8. The Morgan fingerprint density at radius 3 is 2.59 bits per heavy atom. The molecule has 3 heterocycles. The third kappa shape index (κ3) is 7.10. The molecule has 0 unspecified atom stereocenters. The lowest BCUT2D eigenvalue weighted by Crippen LogP contribution is -2.39. The standard InChI is InChI=1S/C33H40FN5O5/c1-5-39(22(3)4)33(41)26-16-24(34)10-11-29(26)44-30-17-35-21-36-32(30)38-14-12-25(13-15-38)43-28-9-7-8-23-18-37(19-27(23)28)20-31(40)42-6-2/h7-11,16-17,21-22,25H,5-6,12-15,18-20H2,1-4H3. The number of benzene rings is 2. The lowest BCUT2D eigenvalue weighted by atomic mass is 10.1. The van der Waals surface area contributed by atoms with Crippen LogP contribution >= 0.6 is 0 Å². The summed E-state index contributed by atoms with van der Waals surface area (Å²) >= 11 is 0. The highest BCUT2D eigenvalue weighted by atomic mass is 19.1. The number of hydrogen-bond acceptors (Lipinski definition) is 9. The Hall–Kier alpha value is -4.25. The van der Waals surface area contributed by atoms with Gasteiger partial charge in [0.05, 0.1) is 24.9 Å². The quantitative estimate of drug-likeness (QED) is 0.273. The SMILES string of the molecule is CCOC(=O)CN1Cc2cccc(OC3CCN(c4ncncc4Oc4ccc(F)cc4C(=O)N(CC)C(C)C)CC3)c2C1. The van der Waals surface area contributed by atoms with E-state index < -0.39 is 5.82 Å². The number of nitrogens with zero attached hydrogens (tertiary/aromatic N) is 5. The molecule has 2 aliphatic heterocycles. The summed E-state index contributed by atoms with van der Waals surface area (Å²) in [6, 6.07) is 9.98. The van der Waals surface area contributed by atoms with E-state index in [1.807, 2.05) is 39.8 Å². The van der Waals surface area contributed by atoms with Gasteiger partial charge in [-0.25, -0.2) is 14.4 Å². The Kier molecular flexibility index (Phi) is 9.94. The van der Waals surface area contributed by atoms with Gasteiger partial charge in [-0.2, -0.15) is 0 Å². The van der Waals surface area contributed by atoms with Crippen LogP contribution in [0.2, 0.25) is 0 Å². The van der Waals surface area contributed by atoms with Crippen LogP contribution in [-0.2, 0) is 22.6 Å². The van der Waals surface area contributed by atoms with Crippen molar-refractivity contribution in [2.45, 2.75) is 65.8 Å². The van der Waals surface area contributed by atoms with E-state index >= 15 is 0 Å². The minimum absolute atomic E-state index is 0.0143. The molecule has 0 atom stereocenters. The van der Waals surface area contributed by atoms with Gasteiger partial charge in [0.1, 0.15) is 29.7 Å². The Bertz CT molecular complexity index is 1480. The van der Waals surface area contributed by atoms with Crippen LogP contribution in [-0.4, -0.2) is 76.6 Å². The van der Waals surface area contributed by atoms with E-state index in [0.717, 1.165) is 24.2 Å². The van der Waals surface area contributed by atoms with Crippen molar-refractivity contribution in [1.82, 2.24) is 19.8 Å². The monoisotopic (exact) mass is 605 g/mol. The zero-order chi connectivity index (χ0) is 31.2. The molecule has 0 bridgehead atoms. The maximum atomic E-state index is 14.3. The van der Waals surface area contributed by atoms with E-state index in [4.69, 9.17) is 14.2 Å². The smallest absolute Gasteiger partial charge is 0.320 e.